The first-order valence-electron chi connectivity index (χ1n) is 9.94. The van der Waals surface area contributed by atoms with Crippen LogP contribution in [0.1, 0.15) is 24.0 Å². The fraction of sp³-hybridized carbons (Fsp3) is 0.435. The molecule has 5 heteroatoms. The van der Waals surface area contributed by atoms with Gasteiger partial charge in [0.05, 0.1) is 14.2 Å². The third kappa shape index (κ3) is 5.49. The minimum absolute atomic E-state index is 0.123. The summed E-state index contributed by atoms with van der Waals surface area (Å²) < 4.78 is 10.6. The van der Waals surface area contributed by atoms with Crippen molar-refractivity contribution < 1.29 is 14.3 Å². The van der Waals surface area contributed by atoms with Crippen molar-refractivity contribution >= 4 is 5.91 Å². The van der Waals surface area contributed by atoms with Crippen LogP contribution in [0.4, 0.5) is 0 Å². The zero-order valence-electron chi connectivity index (χ0n) is 16.8. The first-order valence-corrected chi connectivity index (χ1v) is 9.94. The standard InChI is InChI=1S/C23H30N2O3/c1-27-21-9-8-18(16-22(21)28-2)10-13-24-23(26)20-11-14-25(15-12-20)17-19-6-4-3-5-7-19/h3-9,16,20H,10-15,17H2,1-2H3,(H,24,26). The summed E-state index contributed by atoms with van der Waals surface area (Å²) in [7, 11) is 3.26. The third-order valence-electron chi connectivity index (χ3n) is 5.37. The normalized spacial score (nSPS) is 15.2. The van der Waals surface area contributed by atoms with Gasteiger partial charge in [-0.1, -0.05) is 36.4 Å². The van der Waals surface area contributed by atoms with Gasteiger partial charge in [-0.3, -0.25) is 9.69 Å². The summed E-state index contributed by atoms with van der Waals surface area (Å²) in [6.45, 7) is 3.55. The predicted molar refractivity (Wildman–Crippen MR) is 111 cm³/mol. The quantitative estimate of drug-likeness (QED) is 0.761. The molecule has 150 valence electrons. The molecule has 1 saturated heterocycles. The van der Waals surface area contributed by atoms with Crippen molar-refractivity contribution in [3.63, 3.8) is 0 Å². The van der Waals surface area contributed by atoms with Gasteiger partial charge in [0.25, 0.3) is 0 Å². The molecule has 1 aliphatic heterocycles. The fourth-order valence-corrected chi connectivity index (χ4v) is 3.71. The van der Waals surface area contributed by atoms with Crippen molar-refractivity contribution in [1.82, 2.24) is 10.2 Å². The van der Waals surface area contributed by atoms with E-state index in [0.29, 0.717) is 6.54 Å². The molecule has 0 radical (unpaired) electrons. The van der Waals surface area contributed by atoms with Gasteiger partial charge in [-0.2, -0.15) is 0 Å². The van der Waals surface area contributed by atoms with Crippen molar-refractivity contribution in [3.05, 3.63) is 59.7 Å². The Kier molecular flexibility index (Phi) is 7.31. The molecule has 2 aromatic rings. The van der Waals surface area contributed by atoms with E-state index in [0.717, 1.165) is 56.0 Å². The van der Waals surface area contributed by atoms with Crippen LogP contribution in [0.2, 0.25) is 0 Å². The summed E-state index contributed by atoms with van der Waals surface area (Å²) in [4.78, 5) is 14.9. The molecule has 0 atom stereocenters. The van der Waals surface area contributed by atoms with Crippen LogP contribution in [0.25, 0.3) is 0 Å². The van der Waals surface area contributed by atoms with Crippen molar-refractivity contribution in [2.24, 2.45) is 5.92 Å². The van der Waals surface area contributed by atoms with Crippen LogP contribution in [0.15, 0.2) is 48.5 Å². The number of carbonyl (C=O) groups excluding carboxylic acids is 1. The minimum atomic E-state index is 0.123. The molecular weight excluding hydrogens is 352 g/mol. The highest BCUT2D eigenvalue weighted by atomic mass is 16.5. The number of nitrogens with one attached hydrogen (secondary N) is 1. The van der Waals surface area contributed by atoms with Gasteiger partial charge in [0, 0.05) is 19.0 Å². The van der Waals surface area contributed by atoms with E-state index in [1.807, 2.05) is 24.3 Å². The summed E-state index contributed by atoms with van der Waals surface area (Å²) in [6, 6.07) is 16.4. The van der Waals surface area contributed by atoms with Gasteiger partial charge in [-0.05, 0) is 55.6 Å². The lowest BCUT2D eigenvalue weighted by molar-refractivity contribution is -0.126. The van der Waals surface area contributed by atoms with Gasteiger partial charge in [-0.25, -0.2) is 0 Å². The second-order valence-electron chi connectivity index (χ2n) is 7.27. The van der Waals surface area contributed by atoms with Crippen LogP contribution >= 0.6 is 0 Å². The largest absolute Gasteiger partial charge is 0.493 e. The molecule has 3 rings (SSSR count). The molecule has 1 N–H and O–H groups in total. The average Bonchev–Trinajstić information content (AvgIpc) is 2.74. The SMILES string of the molecule is COc1ccc(CCNC(=O)C2CCN(Cc3ccccc3)CC2)cc1OC. The summed E-state index contributed by atoms with van der Waals surface area (Å²) in [5, 5.41) is 3.10. The maximum absolute atomic E-state index is 12.5. The molecule has 0 aromatic heterocycles. The predicted octanol–water partition coefficient (Wildman–Crippen LogP) is 3.27. The molecule has 0 aliphatic carbocycles. The van der Waals surface area contributed by atoms with Gasteiger partial charge in [-0.15, -0.1) is 0 Å². The second kappa shape index (κ2) is 10.1. The molecule has 1 fully saturated rings. The van der Waals surface area contributed by atoms with Crippen LogP contribution in [-0.2, 0) is 17.8 Å². The topological polar surface area (TPSA) is 50.8 Å². The van der Waals surface area contributed by atoms with E-state index in [4.69, 9.17) is 9.47 Å². The van der Waals surface area contributed by atoms with E-state index in [1.165, 1.54) is 5.56 Å². The molecule has 2 aromatic carbocycles. The number of benzene rings is 2. The van der Waals surface area contributed by atoms with Crippen molar-refractivity contribution in [2.75, 3.05) is 33.9 Å². The molecule has 28 heavy (non-hydrogen) atoms. The smallest absolute Gasteiger partial charge is 0.223 e. The van der Waals surface area contributed by atoms with E-state index < -0.39 is 0 Å². The summed E-state index contributed by atoms with van der Waals surface area (Å²) >= 11 is 0. The van der Waals surface area contributed by atoms with Crippen molar-refractivity contribution in [3.8, 4) is 11.5 Å². The molecule has 0 bridgehead atoms. The Labute approximate surface area is 167 Å². The lowest BCUT2D eigenvalue weighted by Crippen LogP contribution is -2.40. The van der Waals surface area contributed by atoms with Crippen LogP contribution in [0.5, 0.6) is 11.5 Å². The van der Waals surface area contributed by atoms with Crippen LogP contribution in [0.3, 0.4) is 0 Å². The lowest BCUT2D eigenvalue weighted by Gasteiger charge is -2.31. The summed E-state index contributed by atoms with van der Waals surface area (Å²) in [5.41, 5.74) is 2.45. The molecule has 0 unspecified atom stereocenters. The lowest BCUT2D eigenvalue weighted by atomic mass is 9.95. The van der Waals surface area contributed by atoms with E-state index in [1.54, 1.807) is 14.2 Å². The maximum Gasteiger partial charge on any atom is 0.223 e. The monoisotopic (exact) mass is 382 g/mol. The van der Waals surface area contributed by atoms with Crippen LogP contribution < -0.4 is 14.8 Å². The van der Waals surface area contributed by atoms with Crippen LogP contribution in [0, 0.1) is 5.92 Å². The zero-order chi connectivity index (χ0) is 19.8. The Morgan fingerprint density at radius 3 is 2.39 bits per heavy atom. The summed E-state index contributed by atoms with van der Waals surface area (Å²) in [6.07, 6.45) is 2.63. The van der Waals surface area contributed by atoms with E-state index in [-0.39, 0.29) is 11.8 Å². The number of hydrogen-bond donors (Lipinski definition) is 1. The molecule has 1 aliphatic rings. The number of piperidine rings is 1. The number of nitrogens with zero attached hydrogens (tertiary/aromatic N) is 1. The van der Waals surface area contributed by atoms with E-state index in [2.05, 4.69) is 34.5 Å². The highest BCUT2D eigenvalue weighted by Gasteiger charge is 2.24. The zero-order valence-corrected chi connectivity index (χ0v) is 16.8. The van der Waals surface area contributed by atoms with Gasteiger partial charge >= 0.3 is 0 Å². The molecule has 5 nitrogen and oxygen atoms in total. The minimum Gasteiger partial charge on any atom is -0.493 e. The number of amides is 1. The molecular formula is C23H30N2O3. The number of hydrogen-bond acceptors (Lipinski definition) is 4. The number of methoxy groups -OCH3 is 2. The Morgan fingerprint density at radius 1 is 1.00 bits per heavy atom. The third-order valence-corrected chi connectivity index (χ3v) is 5.37. The number of likely N-dealkylation sites (tertiary alicyclic amines) is 1. The Bertz CT molecular complexity index is 756. The summed E-state index contributed by atoms with van der Waals surface area (Å²) in [5.74, 6) is 1.74. The van der Waals surface area contributed by atoms with Gasteiger partial charge in [0.2, 0.25) is 5.91 Å². The Hall–Kier alpha value is -2.53. The number of rotatable bonds is 8. The molecule has 0 spiro atoms. The maximum atomic E-state index is 12.5. The highest BCUT2D eigenvalue weighted by molar-refractivity contribution is 5.78. The molecule has 1 amide bonds. The Balaban J connectivity index is 1.40. The molecule has 1 heterocycles. The van der Waals surface area contributed by atoms with Crippen molar-refractivity contribution in [1.29, 1.82) is 0 Å². The van der Waals surface area contributed by atoms with Crippen LogP contribution in [-0.4, -0.2) is 44.7 Å². The molecule has 0 saturated carbocycles. The average molecular weight is 383 g/mol. The first-order chi connectivity index (χ1) is 13.7. The fourth-order valence-electron chi connectivity index (χ4n) is 3.71. The van der Waals surface area contributed by atoms with Gasteiger partial charge in [0.1, 0.15) is 0 Å². The highest BCUT2D eigenvalue weighted by Crippen LogP contribution is 2.27. The number of ether oxygens (including phenoxy) is 2. The Morgan fingerprint density at radius 2 is 1.71 bits per heavy atom. The first kappa shape index (κ1) is 20.2. The number of carbonyl (C=O) groups is 1. The second-order valence-corrected chi connectivity index (χ2v) is 7.27. The van der Waals surface area contributed by atoms with E-state index in [9.17, 15) is 4.79 Å². The van der Waals surface area contributed by atoms with Gasteiger partial charge < -0.3 is 14.8 Å². The van der Waals surface area contributed by atoms with Gasteiger partial charge in [0.15, 0.2) is 11.5 Å². The van der Waals surface area contributed by atoms with Crippen molar-refractivity contribution in [2.45, 2.75) is 25.8 Å². The van der Waals surface area contributed by atoms with E-state index >= 15 is 0 Å².